The SMILES string of the molecule is CSc1ccc2cc(CN3C[C@@H]4CCOC[C@]4(CO)C3)c(=O)[nH]c2c1.O=CO.O=CO. The molecule has 2 atom stereocenters. The van der Waals surface area contributed by atoms with E-state index in [0.29, 0.717) is 19.1 Å². The van der Waals surface area contributed by atoms with E-state index in [9.17, 15) is 9.90 Å². The third-order valence-corrected chi connectivity index (χ3v) is 6.45. The zero-order chi connectivity index (χ0) is 22.9. The van der Waals surface area contributed by atoms with Crippen LogP contribution >= 0.6 is 11.8 Å². The number of nitrogens with zero attached hydrogens (tertiary/aromatic N) is 1. The van der Waals surface area contributed by atoms with Gasteiger partial charge in [-0.3, -0.25) is 19.3 Å². The highest BCUT2D eigenvalue weighted by Crippen LogP contribution is 2.41. The summed E-state index contributed by atoms with van der Waals surface area (Å²) >= 11 is 1.67. The van der Waals surface area contributed by atoms with Crippen molar-refractivity contribution in [2.75, 3.05) is 39.2 Å². The van der Waals surface area contributed by atoms with Gasteiger partial charge in [-0.2, -0.15) is 0 Å². The molecular formula is C21H28N2O7S. The van der Waals surface area contributed by atoms with E-state index in [2.05, 4.69) is 22.0 Å². The normalized spacial score (nSPS) is 22.5. The number of carbonyl (C=O) groups is 2. The highest BCUT2D eigenvalue weighted by molar-refractivity contribution is 7.98. The lowest BCUT2D eigenvalue weighted by Gasteiger charge is -2.36. The number of pyridine rings is 1. The van der Waals surface area contributed by atoms with Crippen molar-refractivity contribution in [3.63, 3.8) is 0 Å². The fraction of sp³-hybridized carbons (Fsp3) is 0.476. The van der Waals surface area contributed by atoms with Crippen molar-refractivity contribution in [1.82, 2.24) is 9.88 Å². The Hall–Kier alpha value is -2.40. The number of likely N-dealkylation sites (tertiary alicyclic amines) is 1. The molecule has 170 valence electrons. The summed E-state index contributed by atoms with van der Waals surface area (Å²) in [5.74, 6) is 0.454. The number of ether oxygens (including phenoxy) is 1. The molecule has 0 amide bonds. The van der Waals surface area contributed by atoms with E-state index in [1.807, 2.05) is 18.4 Å². The molecule has 4 rings (SSSR count). The standard InChI is InChI=1S/C19H24N2O3S.2CH2O2/c1-25-16-3-2-13-6-14(18(23)20-17(13)7-16)8-21-9-15-4-5-24-12-19(15,10-21)11-22;2*2-1-3/h2-3,6-7,15,22H,4-5,8-12H2,1H3,(H,20,23);2*1H,(H,2,3)/t15-,19+;;/m0../s1. The number of hydrogen-bond donors (Lipinski definition) is 4. The fourth-order valence-electron chi connectivity index (χ4n) is 4.26. The Morgan fingerprint density at radius 3 is 2.61 bits per heavy atom. The number of aromatic amines is 1. The molecule has 0 bridgehead atoms. The Labute approximate surface area is 184 Å². The van der Waals surface area contributed by atoms with Crippen LogP contribution in [0.2, 0.25) is 0 Å². The maximum absolute atomic E-state index is 12.5. The molecule has 0 saturated carbocycles. The summed E-state index contributed by atoms with van der Waals surface area (Å²) in [7, 11) is 0. The molecule has 0 aliphatic carbocycles. The molecule has 0 spiro atoms. The largest absolute Gasteiger partial charge is 0.483 e. The zero-order valence-electron chi connectivity index (χ0n) is 17.3. The molecule has 2 aliphatic rings. The van der Waals surface area contributed by atoms with Crippen LogP contribution in [0.15, 0.2) is 34.0 Å². The van der Waals surface area contributed by atoms with Crippen LogP contribution in [0.25, 0.3) is 10.9 Å². The fourth-order valence-corrected chi connectivity index (χ4v) is 4.70. The van der Waals surface area contributed by atoms with Crippen LogP contribution in [-0.2, 0) is 20.9 Å². The van der Waals surface area contributed by atoms with Crippen molar-refractivity contribution in [3.05, 3.63) is 40.2 Å². The van der Waals surface area contributed by atoms with E-state index < -0.39 is 0 Å². The Kier molecular flexibility index (Phi) is 9.50. The van der Waals surface area contributed by atoms with Gasteiger partial charge in [-0.1, -0.05) is 6.07 Å². The number of nitrogens with one attached hydrogen (secondary N) is 1. The third-order valence-electron chi connectivity index (χ3n) is 5.72. The van der Waals surface area contributed by atoms with E-state index >= 15 is 0 Å². The van der Waals surface area contributed by atoms with Gasteiger partial charge in [-0.25, -0.2) is 0 Å². The van der Waals surface area contributed by atoms with Crippen molar-refractivity contribution in [1.29, 1.82) is 0 Å². The molecule has 2 fully saturated rings. The second-order valence-electron chi connectivity index (χ2n) is 7.52. The van der Waals surface area contributed by atoms with E-state index in [-0.39, 0.29) is 30.5 Å². The van der Waals surface area contributed by atoms with Crippen molar-refractivity contribution < 1.29 is 29.6 Å². The zero-order valence-corrected chi connectivity index (χ0v) is 18.1. The molecule has 2 aliphatic heterocycles. The minimum Gasteiger partial charge on any atom is -0.483 e. The third kappa shape index (κ3) is 6.07. The number of aliphatic hydroxyl groups is 1. The predicted octanol–water partition coefficient (Wildman–Crippen LogP) is 1.48. The van der Waals surface area contributed by atoms with Gasteiger partial charge >= 0.3 is 0 Å². The van der Waals surface area contributed by atoms with Crippen LogP contribution in [0.3, 0.4) is 0 Å². The van der Waals surface area contributed by atoms with E-state index in [0.717, 1.165) is 47.5 Å². The summed E-state index contributed by atoms with van der Waals surface area (Å²) in [5, 5.41) is 24.7. The Balaban J connectivity index is 0.000000513. The van der Waals surface area contributed by atoms with Gasteiger partial charge in [-0.05, 0) is 42.2 Å². The van der Waals surface area contributed by atoms with Gasteiger partial charge in [-0.15, -0.1) is 11.8 Å². The summed E-state index contributed by atoms with van der Waals surface area (Å²) in [4.78, 5) is 35.7. The number of aromatic nitrogens is 1. The van der Waals surface area contributed by atoms with Crippen molar-refractivity contribution in [2.45, 2.75) is 17.9 Å². The Morgan fingerprint density at radius 2 is 2.00 bits per heavy atom. The molecule has 4 N–H and O–H groups in total. The number of H-pyrrole nitrogens is 1. The lowest BCUT2D eigenvalue weighted by atomic mass is 9.76. The lowest BCUT2D eigenvalue weighted by Crippen LogP contribution is -2.42. The summed E-state index contributed by atoms with van der Waals surface area (Å²) in [6, 6.07) is 8.17. The van der Waals surface area contributed by atoms with Gasteiger partial charge in [0.25, 0.3) is 18.5 Å². The molecule has 2 aromatic rings. The maximum atomic E-state index is 12.5. The van der Waals surface area contributed by atoms with Crippen LogP contribution in [0.1, 0.15) is 12.0 Å². The average Bonchev–Trinajstić information content (AvgIpc) is 3.13. The molecule has 0 unspecified atom stereocenters. The maximum Gasteiger partial charge on any atom is 0.290 e. The summed E-state index contributed by atoms with van der Waals surface area (Å²) in [5.41, 5.74) is 1.50. The summed E-state index contributed by atoms with van der Waals surface area (Å²) < 4.78 is 5.62. The second kappa shape index (κ2) is 11.8. The topological polar surface area (TPSA) is 140 Å². The van der Waals surface area contributed by atoms with E-state index in [1.54, 1.807) is 11.8 Å². The van der Waals surface area contributed by atoms with Crippen LogP contribution < -0.4 is 5.56 Å². The van der Waals surface area contributed by atoms with Crippen molar-refractivity contribution in [2.24, 2.45) is 11.3 Å². The number of rotatable bonds is 4. The number of aliphatic hydroxyl groups excluding tert-OH is 1. The lowest BCUT2D eigenvalue weighted by molar-refractivity contribution is -0.123. The highest BCUT2D eigenvalue weighted by atomic mass is 32.2. The first-order chi connectivity index (χ1) is 15.0. The smallest absolute Gasteiger partial charge is 0.290 e. The van der Waals surface area contributed by atoms with Crippen LogP contribution in [-0.4, -0.2) is 77.3 Å². The number of fused-ring (bicyclic) bond motifs is 2. The quantitative estimate of drug-likeness (QED) is 0.401. The van der Waals surface area contributed by atoms with Gasteiger partial charge in [0.1, 0.15) is 0 Å². The molecule has 31 heavy (non-hydrogen) atoms. The monoisotopic (exact) mass is 452 g/mol. The number of benzene rings is 1. The first kappa shape index (κ1) is 24.9. The summed E-state index contributed by atoms with van der Waals surface area (Å²) in [6.07, 6.45) is 3.02. The molecular weight excluding hydrogens is 424 g/mol. The summed E-state index contributed by atoms with van der Waals surface area (Å²) in [6.45, 7) is 3.38. The van der Waals surface area contributed by atoms with Crippen molar-refractivity contribution in [3.8, 4) is 0 Å². The van der Waals surface area contributed by atoms with E-state index in [4.69, 9.17) is 24.5 Å². The molecule has 2 saturated heterocycles. The highest BCUT2D eigenvalue weighted by Gasteiger charge is 2.48. The molecule has 1 aromatic heterocycles. The van der Waals surface area contributed by atoms with E-state index in [1.165, 1.54) is 0 Å². The first-order valence-corrected chi connectivity index (χ1v) is 11.0. The van der Waals surface area contributed by atoms with Crippen molar-refractivity contribution >= 4 is 35.6 Å². The molecule has 10 heteroatoms. The van der Waals surface area contributed by atoms with Gasteiger partial charge in [0.15, 0.2) is 0 Å². The van der Waals surface area contributed by atoms with Gasteiger partial charge in [0.2, 0.25) is 0 Å². The van der Waals surface area contributed by atoms with Gasteiger partial charge in [0, 0.05) is 47.6 Å². The van der Waals surface area contributed by atoms with Gasteiger partial charge < -0.3 is 25.0 Å². The molecule has 1 aromatic carbocycles. The average molecular weight is 453 g/mol. The number of carboxylic acid groups (broad SMARTS) is 2. The Morgan fingerprint density at radius 1 is 1.29 bits per heavy atom. The molecule has 9 nitrogen and oxygen atoms in total. The Bertz CT molecular complexity index is 930. The minimum atomic E-state index is -0.250. The van der Waals surface area contributed by atoms with Crippen LogP contribution in [0.5, 0.6) is 0 Å². The van der Waals surface area contributed by atoms with Crippen LogP contribution in [0.4, 0.5) is 0 Å². The van der Waals surface area contributed by atoms with Gasteiger partial charge in [0.05, 0.1) is 13.2 Å². The number of thioether (sulfide) groups is 1. The van der Waals surface area contributed by atoms with Crippen LogP contribution in [0, 0.1) is 11.3 Å². The molecule has 3 heterocycles. The minimum absolute atomic E-state index is 0.0186. The molecule has 0 radical (unpaired) electrons. The first-order valence-electron chi connectivity index (χ1n) is 9.73. The number of hydrogen-bond acceptors (Lipinski definition) is 7. The second-order valence-corrected chi connectivity index (χ2v) is 8.40. The predicted molar refractivity (Wildman–Crippen MR) is 117 cm³/mol.